The number of hydrogen-bond acceptors (Lipinski definition) is 5. The zero-order valence-corrected chi connectivity index (χ0v) is 15.7. The molecule has 0 aliphatic rings. The number of pyridine rings is 1. The van der Waals surface area contributed by atoms with Crippen molar-refractivity contribution in [3.05, 3.63) is 46.1 Å². The number of halogens is 4. The molecule has 1 heterocycles. The summed E-state index contributed by atoms with van der Waals surface area (Å²) in [7, 11) is 0. The van der Waals surface area contributed by atoms with E-state index in [2.05, 4.69) is 31.4 Å². The average molecular weight is 432 g/mol. The lowest BCUT2D eigenvalue weighted by atomic mass is 10.2. The van der Waals surface area contributed by atoms with Gasteiger partial charge >= 0.3 is 6.18 Å². The highest BCUT2D eigenvalue weighted by molar-refractivity contribution is 9.10. The van der Waals surface area contributed by atoms with Crippen LogP contribution in [-0.2, 0) is 6.18 Å². The summed E-state index contributed by atoms with van der Waals surface area (Å²) in [5, 5.41) is 4.00. The summed E-state index contributed by atoms with van der Waals surface area (Å²) in [6, 6.07) is 5.67. The van der Waals surface area contributed by atoms with Gasteiger partial charge in [0.05, 0.1) is 25.0 Å². The van der Waals surface area contributed by atoms with Crippen LogP contribution in [0.25, 0.3) is 0 Å². The molecule has 0 amide bonds. The van der Waals surface area contributed by atoms with Crippen LogP contribution in [0.2, 0.25) is 0 Å². The van der Waals surface area contributed by atoms with E-state index < -0.39 is 11.7 Å². The molecule has 0 unspecified atom stereocenters. The van der Waals surface area contributed by atoms with Crippen LogP contribution in [0.4, 0.5) is 19.0 Å². The summed E-state index contributed by atoms with van der Waals surface area (Å²) in [5.74, 6) is 1.38. The van der Waals surface area contributed by atoms with Crippen LogP contribution in [-0.4, -0.2) is 24.4 Å². The maximum Gasteiger partial charge on any atom is 0.417 e. The van der Waals surface area contributed by atoms with Crippen LogP contribution in [0.5, 0.6) is 11.5 Å². The first-order chi connectivity index (χ1) is 12.3. The Hall–Kier alpha value is -2.29. The molecular formula is C17H17BrF3N3O2. The lowest BCUT2D eigenvalue weighted by Crippen LogP contribution is -2.05. The Bertz CT molecular complexity index is 765. The maximum absolute atomic E-state index is 12.5. The average Bonchev–Trinajstić information content (AvgIpc) is 2.58. The zero-order valence-electron chi connectivity index (χ0n) is 14.1. The molecule has 2 rings (SSSR count). The largest absolute Gasteiger partial charge is 0.490 e. The molecule has 1 aromatic heterocycles. The van der Waals surface area contributed by atoms with E-state index in [1.807, 2.05) is 13.8 Å². The second-order valence-corrected chi connectivity index (χ2v) is 5.84. The SMILES string of the molecule is CCOc1cc(Br)c(/C=N\Nc2ccc(C(F)(F)F)cn2)cc1OCC. The molecule has 0 aliphatic carbocycles. The molecule has 140 valence electrons. The Labute approximate surface area is 157 Å². The molecule has 1 N–H and O–H groups in total. The lowest BCUT2D eigenvalue weighted by Gasteiger charge is -2.12. The summed E-state index contributed by atoms with van der Waals surface area (Å²) < 4.78 is 49.3. The number of hydrogen-bond donors (Lipinski definition) is 1. The third-order valence-corrected chi connectivity index (χ3v) is 3.82. The van der Waals surface area contributed by atoms with Gasteiger partial charge in [-0.1, -0.05) is 0 Å². The zero-order chi connectivity index (χ0) is 19.2. The number of rotatable bonds is 7. The number of alkyl halides is 3. The third kappa shape index (κ3) is 5.35. The number of hydrazone groups is 1. The van der Waals surface area contributed by atoms with E-state index in [1.165, 1.54) is 12.3 Å². The lowest BCUT2D eigenvalue weighted by molar-refractivity contribution is -0.137. The van der Waals surface area contributed by atoms with Crippen molar-refractivity contribution in [2.45, 2.75) is 20.0 Å². The van der Waals surface area contributed by atoms with Crippen LogP contribution in [0.3, 0.4) is 0 Å². The fourth-order valence-electron chi connectivity index (χ4n) is 1.98. The van der Waals surface area contributed by atoms with E-state index in [0.29, 0.717) is 30.3 Å². The monoisotopic (exact) mass is 431 g/mol. The van der Waals surface area contributed by atoms with Crippen molar-refractivity contribution in [2.24, 2.45) is 5.10 Å². The topological polar surface area (TPSA) is 55.7 Å². The summed E-state index contributed by atoms with van der Waals surface area (Å²) in [6.45, 7) is 4.72. The molecule has 0 aliphatic heterocycles. The van der Waals surface area contributed by atoms with Gasteiger partial charge in [0.2, 0.25) is 0 Å². The van der Waals surface area contributed by atoms with Crippen LogP contribution in [0.1, 0.15) is 25.0 Å². The first-order valence-corrected chi connectivity index (χ1v) is 8.56. The minimum atomic E-state index is -4.42. The van der Waals surface area contributed by atoms with Crippen molar-refractivity contribution >= 4 is 28.0 Å². The summed E-state index contributed by atoms with van der Waals surface area (Å²) in [4.78, 5) is 3.68. The normalized spacial score (nSPS) is 11.6. The highest BCUT2D eigenvalue weighted by atomic mass is 79.9. The van der Waals surface area contributed by atoms with Crippen molar-refractivity contribution in [3.63, 3.8) is 0 Å². The van der Waals surface area contributed by atoms with Crippen molar-refractivity contribution in [1.82, 2.24) is 4.98 Å². The Morgan fingerprint density at radius 3 is 2.35 bits per heavy atom. The standard InChI is InChI=1S/C17H17BrF3N3O2/c1-3-25-14-7-11(13(18)8-15(14)26-4-2)9-23-24-16-6-5-12(10-22-16)17(19,20)21/h5-10H,3-4H2,1-2H3,(H,22,24)/b23-9-. The molecule has 1 aromatic carbocycles. The number of anilines is 1. The van der Waals surface area contributed by atoms with E-state index in [4.69, 9.17) is 9.47 Å². The smallest absolute Gasteiger partial charge is 0.417 e. The van der Waals surface area contributed by atoms with Gasteiger partial charge < -0.3 is 9.47 Å². The number of benzene rings is 1. The molecule has 0 saturated heterocycles. The van der Waals surface area contributed by atoms with Gasteiger partial charge in [-0.2, -0.15) is 18.3 Å². The van der Waals surface area contributed by atoms with Crippen molar-refractivity contribution < 1.29 is 22.6 Å². The van der Waals surface area contributed by atoms with Gasteiger partial charge in [0, 0.05) is 16.2 Å². The van der Waals surface area contributed by atoms with Gasteiger partial charge in [0.25, 0.3) is 0 Å². The Morgan fingerprint density at radius 2 is 1.81 bits per heavy atom. The van der Waals surface area contributed by atoms with Crippen LogP contribution >= 0.6 is 15.9 Å². The second kappa shape index (κ2) is 8.88. The number of ether oxygens (including phenoxy) is 2. The van der Waals surface area contributed by atoms with Crippen LogP contribution in [0.15, 0.2) is 40.0 Å². The van der Waals surface area contributed by atoms with E-state index in [1.54, 1.807) is 12.1 Å². The van der Waals surface area contributed by atoms with Crippen molar-refractivity contribution in [2.75, 3.05) is 18.6 Å². The predicted octanol–water partition coefficient (Wildman–Crippen LogP) is 5.11. The van der Waals surface area contributed by atoms with Gasteiger partial charge in [-0.25, -0.2) is 4.98 Å². The molecule has 0 spiro atoms. The van der Waals surface area contributed by atoms with E-state index in [-0.39, 0.29) is 5.82 Å². The van der Waals surface area contributed by atoms with Crippen LogP contribution < -0.4 is 14.9 Å². The van der Waals surface area contributed by atoms with Gasteiger partial charge in [0.1, 0.15) is 5.82 Å². The first-order valence-electron chi connectivity index (χ1n) is 7.76. The van der Waals surface area contributed by atoms with Gasteiger partial charge in [-0.15, -0.1) is 0 Å². The quantitative estimate of drug-likeness (QED) is 0.488. The summed E-state index contributed by atoms with van der Waals surface area (Å²) in [5.41, 5.74) is 2.48. The Kier molecular flexibility index (Phi) is 6.84. The fourth-order valence-corrected chi connectivity index (χ4v) is 2.41. The molecule has 0 saturated carbocycles. The first kappa shape index (κ1) is 20.0. The number of aromatic nitrogens is 1. The van der Waals surface area contributed by atoms with Crippen LogP contribution in [0, 0.1) is 0 Å². The molecule has 0 atom stereocenters. The molecule has 5 nitrogen and oxygen atoms in total. The van der Waals surface area contributed by atoms with Gasteiger partial charge in [-0.05, 0) is 54.0 Å². The molecule has 0 bridgehead atoms. The van der Waals surface area contributed by atoms with Crippen molar-refractivity contribution in [1.29, 1.82) is 0 Å². The Balaban J connectivity index is 2.13. The van der Waals surface area contributed by atoms with E-state index >= 15 is 0 Å². The highest BCUT2D eigenvalue weighted by Gasteiger charge is 2.30. The predicted molar refractivity (Wildman–Crippen MR) is 96.9 cm³/mol. The minimum Gasteiger partial charge on any atom is -0.490 e. The molecular weight excluding hydrogens is 415 g/mol. The van der Waals surface area contributed by atoms with E-state index in [0.717, 1.165) is 16.7 Å². The second-order valence-electron chi connectivity index (χ2n) is 4.99. The Morgan fingerprint density at radius 1 is 1.15 bits per heavy atom. The molecule has 9 heteroatoms. The molecule has 26 heavy (non-hydrogen) atoms. The molecule has 2 aromatic rings. The minimum absolute atomic E-state index is 0.196. The molecule has 0 radical (unpaired) electrons. The summed E-state index contributed by atoms with van der Waals surface area (Å²) in [6.07, 6.45) is -2.17. The maximum atomic E-state index is 12.5. The van der Waals surface area contributed by atoms with Gasteiger partial charge in [0.15, 0.2) is 11.5 Å². The third-order valence-electron chi connectivity index (χ3n) is 3.14. The van der Waals surface area contributed by atoms with Crippen molar-refractivity contribution in [3.8, 4) is 11.5 Å². The number of nitrogens with zero attached hydrogens (tertiary/aromatic N) is 2. The number of nitrogens with one attached hydrogen (secondary N) is 1. The summed E-state index contributed by atoms with van der Waals surface area (Å²) >= 11 is 3.42. The highest BCUT2D eigenvalue weighted by Crippen LogP contribution is 2.33. The van der Waals surface area contributed by atoms with E-state index in [9.17, 15) is 13.2 Å². The van der Waals surface area contributed by atoms with Gasteiger partial charge in [-0.3, -0.25) is 5.43 Å². The fraction of sp³-hybridized carbons (Fsp3) is 0.294. The molecule has 0 fully saturated rings.